The number of aromatic hydroxyl groups is 4. The predicted molar refractivity (Wildman–Crippen MR) is 467 cm³/mol. The zero-order chi connectivity index (χ0) is 87.6. The number of aliphatic hydroxyl groups is 3. The van der Waals surface area contributed by atoms with Gasteiger partial charge in [-0.1, -0.05) is 164 Å². The van der Waals surface area contributed by atoms with Crippen LogP contribution in [0.5, 0.6) is 23.0 Å². The van der Waals surface area contributed by atoms with Gasteiger partial charge in [0.05, 0.1) is 65.2 Å². The first-order chi connectivity index (χ1) is 58.9. The van der Waals surface area contributed by atoms with Crippen molar-refractivity contribution in [3.8, 4) is 56.4 Å². The average Bonchev–Trinajstić information content (AvgIpc) is 1.61. The molecule has 6 amide bonds. The maximum Gasteiger partial charge on any atom is 0.356 e. The van der Waals surface area contributed by atoms with E-state index in [-0.39, 0.29) is 87.3 Å². The largest absolute Gasteiger partial charge is 0.508 e. The summed E-state index contributed by atoms with van der Waals surface area (Å²) in [4.78, 5) is 88.4. The number of aliphatic hydroxyl groups excluding tert-OH is 3. The fourth-order valence-corrected chi connectivity index (χ4v) is 17.6. The summed E-state index contributed by atoms with van der Waals surface area (Å²) >= 11 is 0. The monoisotopic (exact) mass is 1710 g/mol. The average molecular weight is 1710 g/mol. The molecule has 123 heavy (non-hydrogen) atoms. The molecule has 15 rings (SSSR count). The molecule has 0 spiro atoms. The van der Waals surface area contributed by atoms with Gasteiger partial charge in [-0.05, 0) is 235 Å². The zero-order valence-electron chi connectivity index (χ0n) is 67.4. The number of phenols is 4. The van der Waals surface area contributed by atoms with Gasteiger partial charge in [-0.15, -0.1) is 0 Å². The summed E-state index contributed by atoms with van der Waals surface area (Å²) in [5.74, 6) is -0.933. The maximum absolute atomic E-state index is 13.6. The van der Waals surface area contributed by atoms with E-state index in [2.05, 4.69) is 0 Å². The zero-order valence-corrected chi connectivity index (χ0v) is 69.2. The van der Waals surface area contributed by atoms with Crippen molar-refractivity contribution < 1.29 is 92.0 Å². The number of halogens is 3. The first kappa shape index (κ1) is 88.4. The quantitative estimate of drug-likeness (QED) is 0.0224. The number of anilines is 3. The summed E-state index contributed by atoms with van der Waals surface area (Å²) in [6, 6.07) is 76.4. The van der Waals surface area contributed by atoms with Crippen LogP contribution in [0.3, 0.4) is 0 Å². The molecule has 636 valence electrons. The van der Waals surface area contributed by atoms with E-state index in [1.807, 2.05) is 121 Å². The molecule has 0 bridgehead atoms. The number of nitrogens with zero attached hydrogens (tertiary/aromatic N) is 6. The van der Waals surface area contributed by atoms with Crippen molar-refractivity contribution in [2.24, 2.45) is 0 Å². The molecule has 3 heterocycles. The highest BCUT2D eigenvalue weighted by molar-refractivity contribution is 7.60. The van der Waals surface area contributed by atoms with Gasteiger partial charge >= 0.3 is 33.3 Å². The maximum atomic E-state index is 13.6. The SMILES string of the molecule is CN1C(=O)N(c2ccccc2)C(c2ccc(-c3ccc(P(=O)(O)O)cc3)cc2O)C1CCCC(O)c1ccc(F)cc1.CN1C(=O)N(c2ccccc2)[C@H](c2ccc(-c3ccc(P(=O)(O)O)cc3)cc2O)[C@H]1CCCC(O)c1ccc(F)cc1.CN1C(=O)N(c2ccccc2)[C@H](c2ccc(-c3cccc(O)c3)cc2O)[C@H]1CCC[C@@H](O)c1ccc(F)cc1. The van der Waals surface area contributed by atoms with Crippen molar-refractivity contribution in [2.45, 2.75) is 112 Å². The lowest BCUT2D eigenvalue weighted by molar-refractivity contribution is 0.157. The molecular weight excluding hydrogens is 1610 g/mol. The molecule has 27 heteroatoms. The summed E-state index contributed by atoms with van der Waals surface area (Å²) in [5, 5.41) is 75.5. The van der Waals surface area contributed by atoms with Crippen LogP contribution < -0.4 is 25.3 Å². The Kier molecular flexibility index (Phi) is 27.9. The third kappa shape index (κ3) is 20.5. The third-order valence-electron chi connectivity index (χ3n) is 23.0. The fourth-order valence-electron chi connectivity index (χ4n) is 16.5. The molecule has 9 atom stereocenters. The van der Waals surface area contributed by atoms with Crippen molar-refractivity contribution in [1.29, 1.82) is 0 Å². The van der Waals surface area contributed by atoms with Crippen molar-refractivity contribution in [3.63, 3.8) is 0 Å². The van der Waals surface area contributed by atoms with Crippen LogP contribution in [0.1, 0.15) is 128 Å². The number of hydrogen-bond acceptors (Lipinski definition) is 12. The number of hydrogen-bond donors (Lipinski definition) is 11. The minimum absolute atomic E-state index is 0.0167. The van der Waals surface area contributed by atoms with Crippen LogP contribution in [0, 0.1) is 17.5 Å². The standard InChI is InChI=1S/2C32H32FN2O6P.C32H31FN2O4/c2*1-34-28(8-5-9-29(36)22-10-15-24(33)16-11-22)31(35(32(34)38)25-6-3-2-4-7-25)27-19-14-23(20-30(27)37)21-12-17-26(18-13-21)42(39,40)41;1-34-28(11-6-12-29(37)21-13-16-24(33)17-14-21)31(35(32(34)39)25-8-3-2-4-9-25)27-18-15-23(20-30(27)38)22-7-5-10-26(36)19-22/h2*2-4,6-7,10-20,28-29,31,36-37H,5,8-9H2,1H3,(H2,39,40,41);2-5,7-10,13-20,28-29,31,36-38H,6,11-12H2,1H3/t28-,29?,31-;;28-,29-,31-/m1.1/s1. The molecule has 3 fully saturated rings. The first-order valence-corrected chi connectivity index (χ1v) is 43.4. The van der Waals surface area contributed by atoms with Crippen LogP contribution in [-0.2, 0) is 9.13 Å². The lowest BCUT2D eigenvalue weighted by atomic mass is 9.91. The molecule has 3 saturated heterocycles. The summed E-state index contributed by atoms with van der Waals surface area (Å²) < 4.78 is 63.0. The highest BCUT2D eigenvalue weighted by Gasteiger charge is 2.49. The summed E-state index contributed by atoms with van der Waals surface area (Å²) in [7, 11) is -3.53. The number of phenolic OH excluding ortho intramolecular Hbond substituents is 4. The molecule has 12 aromatic rings. The van der Waals surface area contributed by atoms with Gasteiger partial charge in [0.2, 0.25) is 0 Å². The molecule has 22 nitrogen and oxygen atoms in total. The summed E-state index contributed by atoms with van der Waals surface area (Å²) in [6.45, 7) is 0. The lowest BCUT2D eigenvalue weighted by Crippen LogP contribution is -2.31. The molecule has 3 aliphatic heterocycles. The van der Waals surface area contributed by atoms with Gasteiger partial charge in [0.25, 0.3) is 0 Å². The number of likely N-dealkylation sites (N-methyl/N-ethyl adjacent to an activating group) is 3. The fraction of sp³-hybridized carbons (Fsp3) is 0.219. The normalized spacial score (nSPS) is 18.0. The third-order valence-corrected chi connectivity index (χ3v) is 25.0. The molecular formula is C96H95F3N6O16P2. The van der Waals surface area contributed by atoms with E-state index in [0.717, 1.165) is 16.8 Å². The molecule has 4 unspecified atom stereocenters. The Morgan fingerprint density at radius 2 is 0.577 bits per heavy atom. The molecule has 12 aromatic carbocycles. The number of amides is 6. The first-order valence-electron chi connectivity index (χ1n) is 40.2. The predicted octanol–water partition coefficient (Wildman–Crippen LogP) is 18.6. The summed E-state index contributed by atoms with van der Waals surface area (Å²) in [5.41, 5.74) is 9.85. The van der Waals surface area contributed by atoms with Crippen LogP contribution in [0.25, 0.3) is 33.4 Å². The second-order valence-electron chi connectivity index (χ2n) is 30.9. The Morgan fingerprint density at radius 1 is 0.317 bits per heavy atom. The van der Waals surface area contributed by atoms with Crippen LogP contribution in [-0.4, -0.2) is 127 Å². The number of rotatable bonds is 26. The van der Waals surface area contributed by atoms with E-state index in [9.17, 15) is 92.0 Å². The topological polar surface area (TPSA) is 327 Å². The van der Waals surface area contributed by atoms with Crippen molar-refractivity contribution in [2.75, 3.05) is 35.8 Å². The van der Waals surface area contributed by atoms with Gasteiger partial charge in [0, 0.05) is 54.9 Å². The number of urea groups is 3. The molecule has 3 aliphatic rings. The Hall–Kier alpha value is -12.4. The van der Waals surface area contributed by atoms with E-state index in [0.29, 0.717) is 125 Å². The number of benzene rings is 12. The van der Waals surface area contributed by atoms with Gasteiger partial charge in [0.15, 0.2) is 0 Å². The Labute approximate surface area is 710 Å². The minimum Gasteiger partial charge on any atom is -0.508 e. The molecule has 0 radical (unpaired) electrons. The second kappa shape index (κ2) is 38.8. The van der Waals surface area contributed by atoms with Crippen LogP contribution in [0.2, 0.25) is 0 Å². The van der Waals surface area contributed by atoms with Gasteiger partial charge < -0.3 is 70.0 Å². The van der Waals surface area contributed by atoms with Crippen LogP contribution >= 0.6 is 15.2 Å². The number of carbonyl (C=O) groups is 3. The summed E-state index contributed by atoms with van der Waals surface area (Å²) in [6.07, 6.45) is 2.41. The van der Waals surface area contributed by atoms with Gasteiger partial charge in [-0.2, -0.15) is 0 Å². The van der Waals surface area contributed by atoms with E-state index < -0.39 is 51.6 Å². The Balaban J connectivity index is 0.000000159. The molecule has 0 saturated carbocycles. The molecule has 0 aromatic heterocycles. The van der Waals surface area contributed by atoms with E-state index in [4.69, 9.17) is 0 Å². The smallest absolute Gasteiger partial charge is 0.356 e. The van der Waals surface area contributed by atoms with Crippen LogP contribution in [0.4, 0.5) is 44.6 Å². The molecule has 0 aliphatic carbocycles. The Morgan fingerprint density at radius 3 is 0.837 bits per heavy atom. The second-order valence-corrected chi connectivity index (χ2v) is 34.1. The van der Waals surface area contributed by atoms with Crippen molar-refractivity contribution >= 4 is 61.0 Å². The van der Waals surface area contributed by atoms with Gasteiger partial charge in [-0.3, -0.25) is 23.8 Å². The Bertz CT molecular complexity index is 5510. The van der Waals surface area contributed by atoms with Gasteiger partial charge in [-0.25, -0.2) is 27.6 Å². The highest BCUT2D eigenvalue weighted by atomic mass is 31.2. The number of carbonyl (C=O) groups excluding carboxylic acids is 3. The van der Waals surface area contributed by atoms with E-state index in [1.54, 1.807) is 160 Å². The lowest BCUT2D eigenvalue weighted by Gasteiger charge is -2.29. The van der Waals surface area contributed by atoms with E-state index >= 15 is 0 Å². The van der Waals surface area contributed by atoms with Crippen LogP contribution in [0.15, 0.2) is 291 Å². The van der Waals surface area contributed by atoms with Gasteiger partial charge in [0.1, 0.15) is 40.4 Å². The van der Waals surface area contributed by atoms with E-state index in [1.165, 1.54) is 60.7 Å². The minimum atomic E-state index is -4.37. The van der Waals surface area contributed by atoms with Crippen molar-refractivity contribution in [3.05, 3.63) is 342 Å². The highest BCUT2D eigenvalue weighted by Crippen LogP contribution is 2.49. The molecule has 11 N–H and O–H groups in total. The van der Waals surface area contributed by atoms with Crippen molar-refractivity contribution in [1.82, 2.24) is 14.7 Å². The number of para-hydroxylation sites is 3.